The minimum Gasteiger partial charge on any atom is -0.394 e. The molecule has 2 unspecified atom stereocenters. The van der Waals surface area contributed by atoms with Gasteiger partial charge < -0.3 is 15.3 Å². The highest BCUT2D eigenvalue weighted by atomic mass is 19.1. The molecule has 94 valence electrons. The van der Waals surface area contributed by atoms with Crippen LogP contribution in [0.25, 0.3) is 0 Å². The molecule has 0 radical (unpaired) electrons. The van der Waals surface area contributed by atoms with E-state index in [1.54, 1.807) is 18.2 Å². The lowest BCUT2D eigenvalue weighted by atomic mass is 9.97. The van der Waals surface area contributed by atoms with Gasteiger partial charge in [0.05, 0.1) is 17.8 Å². The van der Waals surface area contributed by atoms with Crippen LogP contribution in [-0.2, 0) is 0 Å². The van der Waals surface area contributed by atoms with E-state index in [0.29, 0.717) is 11.7 Å². The fraction of sp³-hybridized carbons (Fsp3) is 0.538. The van der Waals surface area contributed by atoms with Gasteiger partial charge >= 0.3 is 0 Å². The maximum atomic E-state index is 13.6. The quantitative estimate of drug-likeness (QED) is 0.841. The van der Waals surface area contributed by atoms with Crippen LogP contribution in [0.4, 0.5) is 10.1 Å². The predicted octanol–water partition coefficient (Wildman–Crippen LogP) is 1.69. The lowest BCUT2D eigenvalue weighted by Crippen LogP contribution is -2.44. The Morgan fingerprint density at radius 3 is 2.76 bits per heavy atom. The molecule has 0 saturated carbocycles. The van der Waals surface area contributed by atoms with Crippen LogP contribution >= 0.6 is 0 Å². The van der Waals surface area contributed by atoms with Crippen LogP contribution in [0.15, 0.2) is 24.3 Å². The standard InChI is InChI=1S/C13H19FN2O/c1-10-7-13(9-17,8-16(10)2)15-12-6-4-3-5-11(12)14/h3-6,10,15,17H,7-9H2,1-2H3. The van der Waals surface area contributed by atoms with Gasteiger partial charge in [0.25, 0.3) is 0 Å². The second-order valence-electron chi connectivity index (χ2n) is 5.01. The van der Waals surface area contributed by atoms with Gasteiger partial charge in [0, 0.05) is 12.6 Å². The zero-order valence-electron chi connectivity index (χ0n) is 10.3. The largest absolute Gasteiger partial charge is 0.394 e. The lowest BCUT2D eigenvalue weighted by molar-refractivity contribution is 0.212. The maximum Gasteiger partial charge on any atom is 0.146 e. The van der Waals surface area contributed by atoms with Gasteiger partial charge in [-0.2, -0.15) is 0 Å². The summed E-state index contributed by atoms with van der Waals surface area (Å²) in [6, 6.07) is 6.97. The number of aliphatic hydroxyl groups is 1. The Kier molecular flexibility index (Phi) is 3.35. The summed E-state index contributed by atoms with van der Waals surface area (Å²) in [6.45, 7) is 2.84. The van der Waals surface area contributed by atoms with Gasteiger partial charge in [-0.15, -0.1) is 0 Å². The first-order valence-electron chi connectivity index (χ1n) is 5.90. The number of aliphatic hydroxyl groups excluding tert-OH is 1. The third kappa shape index (κ3) is 2.42. The number of likely N-dealkylation sites (tertiary alicyclic amines) is 1. The van der Waals surface area contributed by atoms with Gasteiger partial charge in [0.2, 0.25) is 0 Å². The summed E-state index contributed by atoms with van der Waals surface area (Å²) < 4.78 is 13.6. The number of anilines is 1. The van der Waals surface area contributed by atoms with Gasteiger partial charge in [-0.25, -0.2) is 4.39 Å². The monoisotopic (exact) mass is 238 g/mol. The van der Waals surface area contributed by atoms with Crippen LogP contribution in [0.3, 0.4) is 0 Å². The van der Waals surface area contributed by atoms with Crippen molar-refractivity contribution in [3.63, 3.8) is 0 Å². The first-order chi connectivity index (χ1) is 8.06. The van der Waals surface area contributed by atoms with Crippen LogP contribution in [0.1, 0.15) is 13.3 Å². The van der Waals surface area contributed by atoms with E-state index in [1.807, 2.05) is 7.05 Å². The predicted molar refractivity (Wildman–Crippen MR) is 66.5 cm³/mol. The molecule has 0 amide bonds. The van der Waals surface area contributed by atoms with Gasteiger partial charge in [-0.05, 0) is 32.5 Å². The first-order valence-corrected chi connectivity index (χ1v) is 5.90. The summed E-state index contributed by atoms with van der Waals surface area (Å²) >= 11 is 0. The average Bonchev–Trinajstić information content (AvgIpc) is 2.59. The average molecular weight is 238 g/mol. The topological polar surface area (TPSA) is 35.5 Å². The summed E-state index contributed by atoms with van der Waals surface area (Å²) in [5.74, 6) is -0.275. The molecule has 0 bridgehead atoms. The lowest BCUT2D eigenvalue weighted by Gasteiger charge is -2.29. The zero-order chi connectivity index (χ0) is 12.5. The fourth-order valence-electron chi connectivity index (χ4n) is 2.51. The number of rotatable bonds is 3. The third-order valence-corrected chi connectivity index (χ3v) is 3.57. The molecular formula is C13H19FN2O. The molecule has 1 fully saturated rings. The number of hydrogen-bond acceptors (Lipinski definition) is 3. The SMILES string of the molecule is CC1CC(CO)(Nc2ccccc2F)CN1C. The molecule has 0 aromatic heterocycles. The summed E-state index contributed by atoms with van der Waals surface area (Å²) in [4.78, 5) is 2.17. The third-order valence-electron chi connectivity index (χ3n) is 3.57. The Labute approximate surface area is 101 Å². The van der Waals surface area contributed by atoms with E-state index in [9.17, 15) is 9.50 Å². The Morgan fingerprint density at radius 1 is 1.53 bits per heavy atom. The molecule has 2 N–H and O–H groups in total. The van der Waals surface area contributed by atoms with Crippen LogP contribution < -0.4 is 5.32 Å². The van der Waals surface area contributed by atoms with Crippen LogP contribution in [-0.4, -0.2) is 41.8 Å². The highest BCUT2D eigenvalue weighted by Gasteiger charge is 2.40. The van der Waals surface area contributed by atoms with E-state index in [4.69, 9.17) is 0 Å². The fourth-order valence-corrected chi connectivity index (χ4v) is 2.51. The number of nitrogens with zero attached hydrogens (tertiary/aromatic N) is 1. The second-order valence-corrected chi connectivity index (χ2v) is 5.01. The molecule has 1 aromatic rings. The van der Waals surface area contributed by atoms with Crippen LogP contribution in [0.2, 0.25) is 0 Å². The van der Waals surface area contributed by atoms with Crippen molar-refractivity contribution in [1.29, 1.82) is 0 Å². The smallest absolute Gasteiger partial charge is 0.146 e. The van der Waals surface area contributed by atoms with E-state index in [1.165, 1.54) is 6.07 Å². The summed E-state index contributed by atoms with van der Waals surface area (Å²) in [5, 5.41) is 12.8. The van der Waals surface area contributed by atoms with Crippen molar-refractivity contribution in [2.24, 2.45) is 0 Å². The van der Waals surface area contributed by atoms with E-state index in [0.717, 1.165) is 13.0 Å². The number of nitrogens with one attached hydrogen (secondary N) is 1. The van der Waals surface area contributed by atoms with E-state index >= 15 is 0 Å². The molecule has 0 aliphatic carbocycles. The molecule has 3 nitrogen and oxygen atoms in total. The zero-order valence-corrected chi connectivity index (χ0v) is 10.3. The van der Waals surface area contributed by atoms with Gasteiger partial charge in [0.1, 0.15) is 5.82 Å². The Bertz CT molecular complexity index is 387. The highest BCUT2D eigenvalue weighted by molar-refractivity contribution is 5.47. The summed E-state index contributed by atoms with van der Waals surface area (Å²) in [6.07, 6.45) is 0.814. The Balaban J connectivity index is 2.19. The van der Waals surface area contributed by atoms with Crippen molar-refractivity contribution < 1.29 is 9.50 Å². The molecular weight excluding hydrogens is 219 g/mol. The molecule has 1 aromatic carbocycles. The van der Waals surface area contributed by atoms with E-state index in [-0.39, 0.29) is 12.4 Å². The van der Waals surface area contributed by atoms with E-state index in [2.05, 4.69) is 17.1 Å². The molecule has 1 aliphatic rings. The molecule has 4 heteroatoms. The molecule has 2 rings (SSSR count). The molecule has 1 aliphatic heterocycles. The van der Waals surface area contributed by atoms with Crippen molar-refractivity contribution in [3.8, 4) is 0 Å². The number of hydrogen-bond donors (Lipinski definition) is 2. The minimum absolute atomic E-state index is 0.00993. The highest BCUT2D eigenvalue weighted by Crippen LogP contribution is 2.30. The molecule has 1 saturated heterocycles. The van der Waals surface area contributed by atoms with Crippen molar-refractivity contribution in [3.05, 3.63) is 30.1 Å². The number of likely N-dealkylation sites (N-methyl/N-ethyl adjacent to an activating group) is 1. The molecule has 1 heterocycles. The number of para-hydroxylation sites is 1. The number of halogens is 1. The first kappa shape index (κ1) is 12.3. The Hall–Kier alpha value is -1.13. The molecule has 0 spiro atoms. The van der Waals surface area contributed by atoms with Crippen molar-refractivity contribution >= 4 is 5.69 Å². The number of benzene rings is 1. The summed E-state index contributed by atoms with van der Waals surface area (Å²) in [7, 11) is 2.02. The Morgan fingerprint density at radius 2 is 2.24 bits per heavy atom. The maximum absolute atomic E-state index is 13.6. The van der Waals surface area contributed by atoms with Gasteiger partial charge in [-0.3, -0.25) is 0 Å². The molecule has 17 heavy (non-hydrogen) atoms. The van der Waals surface area contributed by atoms with Crippen molar-refractivity contribution in [1.82, 2.24) is 4.90 Å². The van der Waals surface area contributed by atoms with Crippen LogP contribution in [0, 0.1) is 5.82 Å². The normalized spacial score (nSPS) is 29.5. The van der Waals surface area contributed by atoms with Gasteiger partial charge in [0.15, 0.2) is 0 Å². The van der Waals surface area contributed by atoms with Gasteiger partial charge in [-0.1, -0.05) is 12.1 Å². The van der Waals surface area contributed by atoms with Crippen molar-refractivity contribution in [2.45, 2.75) is 24.9 Å². The molecule has 2 atom stereocenters. The van der Waals surface area contributed by atoms with Crippen LogP contribution in [0.5, 0.6) is 0 Å². The second kappa shape index (κ2) is 4.63. The minimum atomic E-state index is -0.434. The summed E-state index contributed by atoms with van der Waals surface area (Å²) in [5.41, 5.74) is 0.0279. The van der Waals surface area contributed by atoms with E-state index < -0.39 is 5.54 Å². The van der Waals surface area contributed by atoms with Crippen molar-refractivity contribution in [2.75, 3.05) is 25.5 Å².